The summed E-state index contributed by atoms with van der Waals surface area (Å²) in [6.07, 6.45) is 5.94. The quantitative estimate of drug-likeness (QED) is 0.727. The molecule has 1 aromatic heterocycles. The van der Waals surface area contributed by atoms with Crippen molar-refractivity contribution in [3.63, 3.8) is 0 Å². The highest BCUT2D eigenvalue weighted by Gasteiger charge is 2.31. The van der Waals surface area contributed by atoms with Gasteiger partial charge in [-0.15, -0.1) is 0 Å². The average molecular weight is 238 g/mol. The molecule has 0 spiro atoms. The Morgan fingerprint density at radius 2 is 2.44 bits per heavy atom. The van der Waals surface area contributed by atoms with Gasteiger partial charge in [-0.1, -0.05) is 12.2 Å². The summed E-state index contributed by atoms with van der Waals surface area (Å²) in [7, 11) is 0. The molecule has 0 saturated heterocycles. The van der Waals surface area contributed by atoms with Gasteiger partial charge in [-0.05, 0) is 12.8 Å². The molecular formula is C10H14N4OS. The molecule has 0 radical (unpaired) electrons. The minimum atomic E-state index is -0.155. The number of hydrogen-bond donors (Lipinski definition) is 2. The van der Waals surface area contributed by atoms with E-state index in [0.717, 1.165) is 12.8 Å². The maximum atomic E-state index is 11.6. The molecule has 0 bridgehead atoms. The van der Waals surface area contributed by atoms with Crippen LogP contribution in [0.1, 0.15) is 19.3 Å². The van der Waals surface area contributed by atoms with Crippen LogP contribution < -0.4 is 16.2 Å². The first-order chi connectivity index (χ1) is 7.68. The van der Waals surface area contributed by atoms with Gasteiger partial charge in [0.05, 0.1) is 4.99 Å². The lowest BCUT2D eigenvalue weighted by atomic mass is 10.3. The molecule has 0 aromatic carbocycles. The molecule has 16 heavy (non-hydrogen) atoms. The highest BCUT2D eigenvalue weighted by Crippen LogP contribution is 2.28. The number of nitrogens with two attached hydrogens (primary N) is 1. The summed E-state index contributed by atoms with van der Waals surface area (Å²) in [6.45, 7) is 0.667. The molecule has 86 valence electrons. The second-order valence-electron chi connectivity index (χ2n) is 3.88. The number of aromatic amines is 1. The van der Waals surface area contributed by atoms with Crippen LogP contribution in [-0.2, 0) is 0 Å². The van der Waals surface area contributed by atoms with Crippen molar-refractivity contribution in [2.45, 2.75) is 25.3 Å². The Morgan fingerprint density at radius 1 is 1.69 bits per heavy atom. The molecule has 5 nitrogen and oxygen atoms in total. The normalized spacial score (nSPS) is 14.8. The molecular weight excluding hydrogens is 224 g/mol. The van der Waals surface area contributed by atoms with Crippen LogP contribution in [0, 0.1) is 0 Å². The van der Waals surface area contributed by atoms with Gasteiger partial charge < -0.3 is 15.6 Å². The average Bonchev–Trinajstić information content (AvgIpc) is 3.04. The number of anilines is 1. The zero-order valence-electron chi connectivity index (χ0n) is 8.85. The zero-order chi connectivity index (χ0) is 11.5. The summed E-state index contributed by atoms with van der Waals surface area (Å²) in [4.78, 5) is 20.8. The third-order valence-corrected chi connectivity index (χ3v) is 2.75. The number of hydrogen-bond acceptors (Lipinski definition) is 4. The van der Waals surface area contributed by atoms with E-state index in [1.807, 2.05) is 4.90 Å². The van der Waals surface area contributed by atoms with E-state index in [0.29, 0.717) is 29.8 Å². The largest absolute Gasteiger partial charge is 0.393 e. The summed E-state index contributed by atoms with van der Waals surface area (Å²) in [6, 6.07) is 0.422. The van der Waals surface area contributed by atoms with E-state index in [9.17, 15) is 4.79 Å². The topological polar surface area (TPSA) is 75.0 Å². The van der Waals surface area contributed by atoms with Crippen molar-refractivity contribution in [1.82, 2.24) is 9.97 Å². The monoisotopic (exact) mass is 238 g/mol. The Balaban J connectivity index is 2.16. The van der Waals surface area contributed by atoms with Crippen LogP contribution in [0.5, 0.6) is 0 Å². The fourth-order valence-electron chi connectivity index (χ4n) is 1.63. The van der Waals surface area contributed by atoms with E-state index >= 15 is 0 Å². The van der Waals surface area contributed by atoms with Gasteiger partial charge in [0.1, 0.15) is 0 Å². The molecule has 1 aliphatic rings. The van der Waals surface area contributed by atoms with Crippen LogP contribution in [0.4, 0.5) is 5.82 Å². The molecule has 0 unspecified atom stereocenters. The Hall–Kier alpha value is -1.43. The van der Waals surface area contributed by atoms with Crippen molar-refractivity contribution in [3.8, 4) is 0 Å². The zero-order valence-corrected chi connectivity index (χ0v) is 9.67. The van der Waals surface area contributed by atoms with Gasteiger partial charge in [0.2, 0.25) is 0 Å². The lowest BCUT2D eigenvalue weighted by molar-refractivity contribution is 0.775. The molecule has 3 N–H and O–H groups in total. The third-order valence-electron chi connectivity index (χ3n) is 2.55. The summed E-state index contributed by atoms with van der Waals surface area (Å²) in [5.74, 6) is 0.473. The van der Waals surface area contributed by atoms with Crippen LogP contribution in [0.15, 0.2) is 17.2 Å². The first-order valence-corrected chi connectivity index (χ1v) is 5.68. The fraction of sp³-hybridized carbons (Fsp3) is 0.500. The first kappa shape index (κ1) is 11.1. The molecule has 1 heterocycles. The fourth-order valence-corrected chi connectivity index (χ4v) is 1.72. The third kappa shape index (κ3) is 2.57. The summed E-state index contributed by atoms with van der Waals surface area (Å²) >= 11 is 4.85. The molecule has 0 amide bonds. The standard InChI is InChI=1S/C10H14N4OS/c11-8(16)3-6-14(7-1-2-7)9-10(15)13-5-4-12-9/h4-5,7H,1-3,6H2,(H2,11,16)(H,13,15). The second kappa shape index (κ2) is 4.61. The lowest BCUT2D eigenvalue weighted by Crippen LogP contribution is -2.34. The lowest BCUT2D eigenvalue weighted by Gasteiger charge is -2.21. The second-order valence-corrected chi connectivity index (χ2v) is 4.41. The van der Waals surface area contributed by atoms with Gasteiger partial charge in [-0.3, -0.25) is 4.79 Å². The van der Waals surface area contributed by atoms with Gasteiger partial charge >= 0.3 is 0 Å². The summed E-state index contributed by atoms with van der Waals surface area (Å²) in [5.41, 5.74) is 5.32. The Kier molecular flexibility index (Phi) is 3.19. The summed E-state index contributed by atoms with van der Waals surface area (Å²) in [5, 5.41) is 0. The number of rotatable bonds is 5. The number of nitrogens with zero attached hydrogens (tertiary/aromatic N) is 2. The van der Waals surface area contributed by atoms with Crippen molar-refractivity contribution >= 4 is 23.0 Å². The predicted octanol–water partition coefficient (Wildman–Crippen LogP) is 0.415. The van der Waals surface area contributed by atoms with E-state index in [2.05, 4.69) is 9.97 Å². The van der Waals surface area contributed by atoms with Crippen LogP contribution in [0.25, 0.3) is 0 Å². The van der Waals surface area contributed by atoms with Crippen molar-refractivity contribution < 1.29 is 0 Å². The van der Waals surface area contributed by atoms with Crippen LogP contribution >= 0.6 is 12.2 Å². The highest BCUT2D eigenvalue weighted by molar-refractivity contribution is 7.80. The SMILES string of the molecule is NC(=S)CCN(c1ncc[nH]c1=O)C1CC1. The predicted molar refractivity (Wildman–Crippen MR) is 66.6 cm³/mol. The van der Waals surface area contributed by atoms with E-state index in [1.165, 1.54) is 6.20 Å². The van der Waals surface area contributed by atoms with Crippen molar-refractivity contribution in [1.29, 1.82) is 0 Å². The van der Waals surface area contributed by atoms with Crippen LogP contribution in [-0.4, -0.2) is 27.5 Å². The maximum Gasteiger partial charge on any atom is 0.290 e. The number of thiocarbonyl (C=S) groups is 1. The van der Waals surface area contributed by atoms with E-state index < -0.39 is 0 Å². The number of aromatic nitrogens is 2. The van der Waals surface area contributed by atoms with Gasteiger partial charge in [-0.25, -0.2) is 4.98 Å². The minimum absolute atomic E-state index is 0.155. The molecule has 1 aromatic rings. The van der Waals surface area contributed by atoms with E-state index in [4.69, 9.17) is 18.0 Å². The molecule has 1 saturated carbocycles. The maximum absolute atomic E-state index is 11.6. The smallest absolute Gasteiger partial charge is 0.290 e. The Bertz CT molecular complexity index is 440. The molecule has 6 heteroatoms. The van der Waals surface area contributed by atoms with Crippen molar-refractivity contribution in [2.75, 3.05) is 11.4 Å². The van der Waals surface area contributed by atoms with E-state index in [1.54, 1.807) is 6.20 Å². The minimum Gasteiger partial charge on any atom is -0.393 e. The number of nitrogens with one attached hydrogen (secondary N) is 1. The highest BCUT2D eigenvalue weighted by atomic mass is 32.1. The van der Waals surface area contributed by atoms with Crippen LogP contribution in [0.3, 0.4) is 0 Å². The summed E-state index contributed by atoms with van der Waals surface area (Å²) < 4.78 is 0. The molecule has 0 atom stereocenters. The molecule has 0 aliphatic heterocycles. The molecule has 1 aliphatic carbocycles. The van der Waals surface area contributed by atoms with E-state index in [-0.39, 0.29) is 5.56 Å². The van der Waals surface area contributed by atoms with Gasteiger partial charge in [0.15, 0.2) is 5.82 Å². The van der Waals surface area contributed by atoms with Gasteiger partial charge in [0, 0.05) is 31.4 Å². The van der Waals surface area contributed by atoms with Crippen molar-refractivity contribution in [2.24, 2.45) is 5.73 Å². The Morgan fingerprint density at radius 3 is 3.00 bits per heavy atom. The van der Waals surface area contributed by atoms with Crippen LogP contribution in [0.2, 0.25) is 0 Å². The van der Waals surface area contributed by atoms with Crippen molar-refractivity contribution in [3.05, 3.63) is 22.7 Å². The molecule has 2 rings (SSSR count). The first-order valence-electron chi connectivity index (χ1n) is 5.27. The number of H-pyrrole nitrogens is 1. The van der Waals surface area contributed by atoms with Gasteiger partial charge in [0.25, 0.3) is 5.56 Å². The Labute approximate surface area is 98.7 Å². The van der Waals surface area contributed by atoms with Gasteiger partial charge in [-0.2, -0.15) is 0 Å². The molecule has 1 fully saturated rings.